The minimum atomic E-state index is -1.04. The summed E-state index contributed by atoms with van der Waals surface area (Å²) >= 11 is 0. The van der Waals surface area contributed by atoms with E-state index < -0.39 is 35.5 Å². The molecular weight excluding hydrogens is 552 g/mol. The fourth-order valence-electron chi connectivity index (χ4n) is 5.29. The molecule has 11 nitrogen and oxygen atoms in total. The minimum absolute atomic E-state index is 0.0531. The second-order valence-electron chi connectivity index (χ2n) is 11.4. The standard InChI is InChI=1S/C32H42N4O7/c1-4-7-25(33-28(37)20-36-14-16-42-17-15-36)30(39)35-27(19-23-10-12-24(41-3)13-11-23)31(40)34-26(18-22-8-5-6-9-22)29(38)32(2)21-43-32/h1,8,10-13,25-27H,5-7,9,14-21H2,2-3H3,(H,33,37)(H,34,40)(H,35,39)/t25-,26-,27-,32-/m0/s1. The van der Waals surface area contributed by atoms with Crippen LogP contribution in [0.5, 0.6) is 5.75 Å². The van der Waals surface area contributed by atoms with E-state index in [1.54, 1.807) is 38.3 Å². The van der Waals surface area contributed by atoms with Crippen LogP contribution in [0, 0.1) is 12.3 Å². The van der Waals surface area contributed by atoms with Crippen LogP contribution < -0.4 is 20.7 Å². The number of ether oxygens (including phenoxy) is 3. The number of rotatable bonds is 15. The first kappa shape index (κ1) is 32.2. The molecule has 2 fully saturated rings. The van der Waals surface area contributed by atoms with Crippen LogP contribution in [0.1, 0.15) is 44.6 Å². The Balaban J connectivity index is 1.49. The molecule has 0 aromatic heterocycles. The second kappa shape index (κ2) is 15.1. The predicted molar refractivity (Wildman–Crippen MR) is 159 cm³/mol. The molecule has 4 rings (SSSR count). The zero-order chi connectivity index (χ0) is 30.8. The lowest BCUT2D eigenvalue weighted by Gasteiger charge is -2.27. The first-order chi connectivity index (χ1) is 20.7. The van der Waals surface area contributed by atoms with Gasteiger partial charge in [-0.25, -0.2) is 0 Å². The van der Waals surface area contributed by atoms with Crippen LogP contribution in [-0.2, 0) is 35.1 Å². The van der Waals surface area contributed by atoms with Crippen molar-refractivity contribution in [3.8, 4) is 18.1 Å². The Kier molecular flexibility index (Phi) is 11.3. The number of epoxide rings is 1. The average Bonchev–Trinajstić information content (AvgIpc) is 3.54. The first-order valence-electron chi connectivity index (χ1n) is 14.8. The summed E-state index contributed by atoms with van der Waals surface area (Å²) in [7, 11) is 1.56. The number of morpholine rings is 1. The highest BCUT2D eigenvalue weighted by Gasteiger charge is 2.50. The van der Waals surface area contributed by atoms with Gasteiger partial charge in [0.1, 0.15) is 23.4 Å². The van der Waals surface area contributed by atoms with Crippen molar-refractivity contribution in [1.82, 2.24) is 20.9 Å². The summed E-state index contributed by atoms with van der Waals surface area (Å²) in [6, 6.07) is 4.27. The largest absolute Gasteiger partial charge is 0.497 e. The van der Waals surface area contributed by atoms with Crippen molar-refractivity contribution in [2.45, 2.75) is 69.2 Å². The highest BCUT2D eigenvalue weighted by molar-refractivity contribution is 5.98. The second-order valence-corrected chi connectivity index (χ2v) is 11.4. The molecule has 0 saturated carbocycles. The lowest BCUT2D eigenvalue weighted by Crippen LogP contribution is -2.57. The lowest BCUT2D eigenvalue weighted by molar-refractivity contribution is -0.134. The third-order valence-electron chi connectivity index (χ3n) is 8.01. The van der Waals surface area contributed by atoms with Gasteiger partial charge in [0, 0.05) is 25.9 Å². The van der Waals surface area contributed by atoms with Crippen LogP contribution in [0.25, 0.3) is 0 Å². The zero-order valence-corrected chi connectivity index (χ0v) is 25.0. The molecule has 3 amide bonds. The van der Waals surface area contributed by atoms with Gasteiger partial charge in [-0.2, -0.15) is 0 Å². The van der Waals surface area contributed by atoms with Crippen LogP contribution in [-0.4, -0.2) is 98.7 Å². The molecule has 232 valence electrons. The molecule has 2 saturated heterocycles. The summed E-state index contributed by atoms with van der Waals surface area (Å²) in [6.45, 7) is 4.44. The van der Waals surface area contributed by atoms with Gasteiger partial charge in [-0.05, 0) is 50.3 Å². The maximum Gasteiger partial charge on any atom is 0.244 e. The van der Waals surface area contributed by atoms with Gasteiger partial charge < -0.3 is 30.2 Å². The van der Waals surface area contributed by atoms with Crippen molar-refractivity contribution in [1.29, 1.82) is 0 Å². The number of allylic oxidation sites excluding steroid dienone is 1. The van der Waals surface area contributed by atoms with E-state index in [9.17, 15) is 19.2 Å². The quantitative estimate of drug-likeness (QED) is 0.155. The van der Waals surface area contributed by atoms with Crippen molar-refractivity contribution in [2.24, 2.45) is 0 Å². The molecule has 0 bridgehead atoms. The van der Waals surface area contributed by atoms with Gasteiger partial charge in [-0.15, -0.1) is 12.3 Å². The van der Waals surface area contributed by atoms with E-state index in [4.69, 9.17) is 20.6 Å². The normalized spacial score (nSPS) is 21.8. The highest BCUT2D eigenvalue weighted by Crippen LogP contribution is 2.31. The summed E-state index contributed by atoms with van der Waals surface area (Å²) in [5.74, 6) is 1.47. The van der Waals surface area contributed by atoms with Gasteiger partial charge in [0.25, 0.3) is 0 Å². The number of methoxy groups -OCH3 is 1. The molecule has 3 aliphatic rings. The molecule has 0 radical (unpaired) electrons. The maximum atomic E-state index is 13.8. The van der Waals surface area contributed by atoms with Gasteiger partial charge in [0.15, 0.2) is 5.78 Å². The van der Waals surface area contributed by atoms with E-state index >= 15 is 0 Å². The number of nitrogens with zero attached hydrogens (tertiary/aromatic N) is 1. The average molecular weight is 595 g/mol. The topological polar surface area (TPSA) is 139 Å². The molecular formula is C32H42N4O7. The fourth-order valence-corrected chi connectivity index (χ4v) is 5.29. The van der Waals surface area contributed by atoms with Crippen LogP contribution in [0.4, 0.5) is 0 Å². The first-order valence-corrected chi connectivity index (χ1v) is 14.8. The molecule has 1 aromatic rings. The van der Waals surface area contributed by atoms with E-state index in [0.29, 0.717) is 45.1 Å². The number of hydrogen-bond acceptors (Lipinski definition) is 8. The summed E-state index contributed by atoms with van der Waals surface area (Å²) in [5, 5.41) is 8.43. The number of nitrogens with one attached hydrogen (secondary N) is 3. The summed E-state index contributed by atoms with van der Waals surface area (Å²) < 4.78 is 16.0. The van der Waals surface area contributed by atoms with Crippen molar-refractivity contribution in [3.05, 3.63) is 41.5 Å². The Hall–Kier alpha value is -3.72. The van der Waals surface area contributed by atoms with E-state index in [2.05, 4.69) is 27.9 Å². The minimum Gasteiger partial charge on any atom is -0.497 e. The Morgan fingerprint density at radius 2 is 1.70 bits per heavy atom. The number of Topliss-reactive ketones (excluding diaryl/α,β-unsaturated/α-hetero) is 1. The lowest BCUT2D eigenvalue weighted by atomic mass is 9.94. The van der Waals surface area contributed by atoms with Gasteiger partial charge >= 0.3 is 0 Å². The van der Waals surface area contributed by atoms with Crippen molar-refractivity contribution in [3.63, 3.8) is 0 Å². The van der Waals surface area contributed by atoms with Crippen LogP contribution in [0.3, 0.4) is 0 Å². The molecule has 0 spiro atoms. The number of carbonyl (C=O) groups excluding carboxylic acids is 4. The Morgan fingerprint density at radius 1 is 1.02 bits per heavy atom. The zero-order valence-electron chi connectivity index (χ0n) is 25.0. The van der Waals surface area contributed by atoms with Crippen molar-refractivity contribution in [2.75, 3.05) is 46.6 Å². The number of benzene rings is 1. The highest BCUT2D eigenvalue weighted by atomic mass is 16.6. The van der Waals surface area contributed by atoms with E-state index in [1.165, 1.54) is 0 Å². The van der Waals surface area contributed by atoms with Gasteiger partial charge in [0.05, 0.1) is 39.5 Å². The predicted octanol–water partition coefficient (Wildman–Crippen LogP) is 0.906. The molecule has 3 N–H and O–H groups in total. The van der Waals surface area contributed by atoms with E-state index in [-0.39, 0.29) is 31.1 Å². The number of carbonyl (C=O) groups is 4. The van der Waals surface area contributed by atoms with E-state index in [0.717, 1.165) is 30.4 Å². The van der Waals surface area contributed by atoms with Crippen molar-refractivity contribution < 1.29 is 33.4 Å². The molecule has 1 aliphatic carbocycles. The van der Waals surface area contributed by atoms with Crippen LogP contribution in [0.15, 0.2) is 35.9 Å². The van der Waals surface area contributed by atoms with Gasteiger partial charge in [-0.1, -0.05) is 23.8 Å². The van der Waals surface area contributed by atoms with Gasteiger partial charge in [-0.3, -0.25) is 24.1 Å². The number of ketones is 1. The number of terminal acetylenes is 1. The molecule has 43 heavy (non-hydrogen) atoms. The van der Waals surface area contributed by atoms with Crippen LogP contribution >= 0.6 is 0 Å². The summed E-state index contributed by atoms with van der Waals surface area (Å²) in [6.07, 6.45) is 11.0. The monoisotopic (exact) mass is 594 g/mol. The van der Waals surface area contributed by atoms with Gasteiger partial charge in [0.2, 0.25) is 17.7 Å². The number of amides is 3. The fraction of sp³-hybridized carbons (Fsp3) is 0.562. The van der Waals surface area contributed by atoms with Crippen molar-refractivity contribution >= 4 is 23.5 Å². The van der Waals surface area contributed by atoms with Crippen LogP contribution in [0.2, 0.25) is 0 Å². The third kappa shape index (κ3) is 9.38. The molecule has 1 aromatic carbocycles. The molecule has 2 heterocycles. The summed E-state index contributed by atoms with van der Waals surface area (Å²) in [4.78, 5) is 55.3. The SMILES string of the molecule is C#CC[C@H](NC(=O)CN1CCOCC1)C(=O)N[C@@H](Cc1ccc(OC)cc1)C(=O)N[C@@H](CC1=CCCC1)C(=O)[C@]1(C)CO1. The molecule has 4 atom stereocenters. The molecule has 0 unspecified atom stereocenters. The molecule has 2 aliphatic heterocycles. The Bertz CT molecular complexity index is 1230. The Labute approximate surface area is 253 Å². The summed E-state index contributed by atoms with van der Waals surface area (Å²) in [5.41, 5.74) is 0.967. The van der Waals surface area contributed by atoms with E-state index in [1.807, 2.05) is 4.90 Å². The smallest absolute Gasteiger partial charge is 0.244 e. The number of hydrogen-bond donors (Lipinski definition) is 3. The maximum absolute atomic E-state index is 13.8. The molecule has 11 heteroatoms. The Morgan fingerprint density at radius 3 is 2.30 bits per heavy atom. The third-order valence-corrected chi connectivity index (χ3v) is 8.01.